The minimum absolute atomic E-state index is 0.0522. The number of imidazole rings is 1. The van der Waals surface area contributed by atoms with Crippen LogP contribution in [0.15, 0.2) is 35.3 Å². The zero-order valence-electron chi connectivity index (χ0n) is 19.0. The molecule has 1 atom stereocenters. The summed E-state index contributed by atoms with van der Waals surface area (Å²) in [5, 5.41) is 9.53. The summed E-state index contributed by atoms with van der Waals surface area (Å²) in [6.45, 7) is 9.29. The number of amides is 1. The predicted octanol–water partition coefficient (Wildman–Crippen LogP) is 3.45. The van der Waals surface area contributed by atoms with Crippen LogP contribution in [-0.2, 0) is 17.9 Å². The van der Waals surface area contributed by atoms with Gasteiger partial charge in [-0.2, -0.15) is 0 Å². The minimum atomic E-state index is -0.518. The summed E-state index contributed by atoms with van der Waals surface area (Å²) in [6, 6.07) is 7.58. The zero-order valence-corrected chi connectivity index (χ0v) is 19.0. The topological polar surface area (TPSA) is 100 Å². The van der Waals surface area contributed by atoms with Gasteiger partial charge in [0.1, 0.15) is 11.4 Å². The first kappa shape index (κ1) is 22.1. The molecule has 170 valence electrons. The summed E-state index contributed by atoms with van der Waals surface area (Å²) in [5.74, 6) is 1.00. The third-order valence-corrected chi connectivity index (χ3v) is 5.72. The standard InChI is InChI=1S/C24H30N4O4/c1-15-9-18(11-25-22(15)30)21-26-19-10-16(14-29)5-6-20(19)28(21)13-17-7-8-27(12-17)23(31)32-24(2,3)4/h5-6,9-11,17,29H,7-8,12-14H2,1-4H3,(H,25,30). The molecule has 3 heterocycles. The average Bonchev–Trinajstić information content (AvgIpc) is 3.34. The maximum atomic E-state index is 12.5. The molecular weight excluding hydrogens is 408 g/mol. The van der Waals surface area contributed by atoms with Gasteiger partial charge in [0.2, 0.25) is 0 Å². The van der Waals surface area contributed by atoms with Gasteiger partial charge in [0.05, 0.1) is 17.6 Å². The molecule has 4 rings (SSSR count). The molecule has 1 aliphatic rings. The zero-order chi connectivity index (χ0) is 23.0. The molecule has 8 nitrogen and oxygen atoms in total. The Morgan fingerprint density at radius 1 is 1.31 bits per heavy atom. The number of rotatable bonds is 4. The van der Waals surface area contributed by atoms with E-state index >= 15 is 0 Å². The molecule has 1 amide bonds. The molecule has 1 aromatic carbocycles. The Morgan fingerprint density at radius 3 is 2.78 bits per heavy atom. The predicted molar refractivity (Wildman–Crippen MR) is 122 cm³/mol. The summed E-state index contributed by atoms with van der Waals surface area (Å²) in [7, 11) is 0. The number of nitrogens with one attached hydrogen (secondary N) is 1. The normalized spacial score (nSPS) is 16.7. The number of carbonyl (C=O) groups excluding carboxylic acids is 1. The van der Waals surface area contributed by atoms with E-state index in [4.69, 9.17) is 9.72 Å². The van der Waals surface area contributed by atoms with Crippen molar-refractivity contribution in [2.75, 3.05) is 13.1 Å². The molecule has 2 aromatic heterocycles. The number of fused-ring (bicyclic) bond motifs is 1. The highest BCUT2D eigenvalue weighted by atomic mass is 16.6. The number of aromatic amines is 1. The largest absolute Gasteiger partial charge is 0.444 e. The Morgan fingerprint density at radius 2 is 2.09 bits per heavy atom. The third kappa shape index (κ3) is 4.55. The molecule has 1 fully saturated rings. The third-order valence-electron chi connectivity index (χ3n) is 5.72. The number of aromatic nitrogens is 3. The fourth-order valence-electron chi connectivity index (χ4n) is 4.14. The van der Waals surface area contributed by atoms with Gasteiger partial charge in [-0.15, -0.1) is 0 Å². The van der Waals surface area contributed by atoms with Crippen molar-refractivity contribution >= 4 is 17.1 Å². The maximum absolute atomic E-state index is 12.5. The van der Waals surface area contributed by atoms with Gasteiger partial charge in [-0.1, -0.05) is 6.07 Å². The van der Waals surface area contributed by atoms with E-state index in [0.717, 1.165) is 34.4 Å². The van der Waals surface area contributed by atoms with Crippen molar-refractivity contribution in [2.24, 2.45) is 5.92 Å². The van der Waals surface area contributed by atoms with Crippen LogP contribution in [0.2, 0.25) is 0 Å². The van der Waals surface area contributed by atoms with Crippen molar-refractivity contribution in [1.82, 2.24) is 19.4 Å². The Hall–Kier alpha value is -3.13. The summed E-state index contributed by atoms with van der Waals surface area (Å²) < 4.78 is 7.67. The molecule has 0 saturated carbocycles. The number of likely N-dealkylation sites (tertiary alicyclic amines) is 1. The van der Waals surface area contributed by atoms with Crippen molar-refractivity contribution in [2.45, 2.75) is 52.9 Å². The number of aliphatic hydroxyl groups is 1. The second kappa shape index (κ2) is 8.43. The number of carbonyl (C=O) groups is 1. The number of pyridine rings is 1. The van der Waals surface area contributed by atoms with E-state index in [2.05, 4.69) is 9.55 Å². The number of benzene rings is 1. The number of nitrogens with zero attached hydrogens (tertiary/aromatic N) is 3. The van der Waals surface area contributed by atoms with Gasteiger partial charge in [0.15, 0.2) is 0 Å². The highest BCUT2D eigenvalue weighted by Gasteiger charge is 2.30. The Labute approximate surface area is 186 Å². The Kier molecular flexibility index (Phi) is 5.81. The van der Waals surface area contributed by atoms with Crippen LogP contribution in [0, 0.1) is 12.8 Å². The van der Waals surface area contributed by atoms with Gasteiger partial charge in [-0.05, 0) is 63.8 Å². The van der Waals surface area contributed by atoms with Gasteiger partial charge in [-0.3, -0.25) is 4.79 Å². The number of H-pyrrole nitrogens is 1. The molecule has 0 spiro atoms. The molecule has 32 heavy (non-hydrogen) atoms. The van der Waals surface area contributed by atoms with Crippen LogP contribution in [0.1, 0.15) is 38.3 Å². The molecule has 2 N–H and O–H groups in total. The highest BCUT2D eigenvalue weighted by Crippen LogP contribution is 2.29. The second-order valence-electron chi connectivity index (χ2n) is 9.51. The molecular formula is C24H30N4O4. The number of hydrogen-bond donors (Lipinski definition) is 2. The van der Waals surface area contributed by atoms with Crippen molar-refractivity contribution < 1.29 is 14.6 Å². The average molecular weight is 439 g/mol. The van der Waals surface area contributed by atoms with Gasteiger partial charge >= 0.3 is 6.09 Å². The fraction of sp³-hybridized carbons (Fsp3) is 0.458. The lowest BCUT2D eigenvalue weighted by atomic mass is 10.1. The summed E-state index contributed by atoms with van der Waals surface area (Å²) in [6.07, 6.45) is 2.28. The van der Waals surface area contributed by atoms with Crippen LogP contribution >= 0.6 is 0 Å². The van der Waals surface area contributed by atoms with Crippen LogP contribution in [0.25, 0.3) is 22.4 Å². The SMILES string of the molecule is Cc1cc(-c2nc3cc(CO)ccc3n2CC2CCN(C(=O)OC(C)(C)C)C2)c[nH]c1=O. The Bertz CT molecular complexity index is 1200. The van der Waals surface area contributed by atoms with Crippen LogP contribution < -0.4 is 5.56 Å². The van der Waals surface area contributed by atoms with Crippen LogP contribution in [-0.4, -0.2) is 49.3 Å². The minimum Gasteiger partial charge on any atom is -0.444 e. The summed E-state index contributed by atoms with van der Waals surface area (Å²) in [5.41, 5.74) is 3.34. The van der Waals surface area contributed by atoms with Gasteiger partial charge < -0.3 is 24.3 Å². The van der Waals surface area contributed by atoms with Crippen molar-refractivity contribution in [3.05, 3.63) is 51.9 Å². The molecule has 1 aliphatic heterocycles. The Balaban J connectivity index is 1.66. The smallest absolute Gasteiger partial charge is 0.410 e. The van der Waals surface area contributed by atoms with E-state index in [1.807, 2.05) is 45.0 Å². The van der Waals surface area contributed by atoms with E-state index in [-0.39, 0.29) is 24.2 Å². The monoisotopic (exact) mass is 438 g/mol. The molecule has 1 saturated heterocycles. The molecule has 1 unspecified atom stereocenters. The maximum Gasteiger partial charge on any atom is 0.410 e. The van der Waals surface area contributed by atoms with Crippen LogP contribution in [0.4, 0.5) is 4.79 Å². The first-order chi connectivity index (χ1) is 15.1. The number of aryl methyl sites for hydroxylation is 1. The van der Waals surface area contributed by atoms with E-state index in [1.54, 1.807) is 18.0 Å². The van der Waals surface area contributed by atoms with Crippen LogP contribution in [0.3, 0.4) is 0 Å². The number of aliphatic hydroxyl groups excluding tert-OH is 1. The molecule has 0 aliphatic carbocycles. The molecule has 8 heteroatoms. The van der Waals surface area contributed by atoms with E-state index in [1.165, 1.54) is 0 Å². The highest BCUT2D eigenvalue weighted by molar-refractivity contribution is 5.81. The lowest BCUT2D eigenvalue weighted by molar-refractivity contribution is 0.0287. The van der Waals surface area contributed by atoms with E-state index in [0.29, 0.717) is 25.2 Å². The van der Waals surface area contributed by atoms with Crippen molar-refractivity contribution in [3.63, 3.8) is 0 Å². The van der Waals surface area contributed by atoms with Gasteiger partial charge in [0.25, 0.3) is 5.56 Å². The van der Waals surface area contributed by atoms with Gasteiger partial charge in [0, 0.05) is 37.0 Å². The van der Waals surface area contributed by atoms with E-state index in [9.17, 15) is 14.7 Å². The second-order valence-corrected chi connectivity index (χ2v) is 9.51. The first-order valence-corrected chi connectivity index (χ1v) is 10.9. The molecule has 3 aromatic rings. The summed E-state index contributed by atoms with van der Waals surface area (Å²) >= 11 is 0. The number of hydrogen-bond acceptors (Lipinski definition) is 5. The van der Waals surface area contributed by atoms with Crippen molar-refractivity contribution in [3.8, 4) is 11.4 Å². The molecule has 0 bridgehead atoms. The molecule has 0 radical (unpaired) electrons. The lowest BCUT2D eigenvalue weighted by Crippen LogP contribution is -2.35. The van der Waals surface area contributed by atoms with Crippen molar-refractivity contribution in [1.29, 1.82) is 0 Å². The van der Waals surface area contributed by atoms with E-state index < -0.39 is 5.60 Å². The summed E-state index contributed by atoms with van der Waals surface area (Å²) in [4.78, 5) is 33.7. The first-order valence-electron chi connectivity index (χ1n) is 10.9. The number of ether oxygens (including phenoxy) is 1. The van der Waals surface area contributed by atoms with Crippen LogP contribution in [0.5, 0.6) is 0 Å². The van der Waals surface area contributed by atoms with Gasteiger partial charge in [-0.25, -0.2) is 9.78 Å². The fourth-order valence-corrected chi connectivity index (χ4v) is 4.14. The quantitative estimate of drug-likeness (QED) is 0.650. The lowest BCUT2D eigenvalue weighted by Gasteiger charge is -2.24.